The summed E-state index contributed by atoms with van der Waals surface area (Å²) in [6.07, 6.45) is -1.06. The zero-order valence-corrected chi connectivity index (χ0v) is 30.8. The number of nitrogens with zero attached hydrogens (tertiary/aromatic N) is 2. The second kappa shape index (κ2) is 16.3. The Labute approximate surface area is 322 Å². The Balaban J connectivity index is 1.07. The molecule has 0 spiro atoms. The summed E-state index contributed by atoms with van der Waals surface area (Å²) in [5.41, 5.74) is 8.96. The maximum Gasteiger partial charge on any atom is 0.261 e. The Bertz CT molecular complexity index is 2180. The molecule has 0 aliphatic carbocycles. The van der Waals surface area contributed by atoms with Gasteiger partial charge in [0.15, 0.2) is 6.29 Å². The molecule has 7 nitrogen and oxygen atoms in total. The van der Waals surface area contributed by atoms with Crippen molar-refractivity contribution in [2.24, 2.45) is 5.92 Å². The lowest BCUT2D eigenvalue weighted by Crippen LogP contribution is -2.44. The molecule has 0 bridgehead atoms. The Morgan fingerprint density at radius 1 is 0.582 bits per heavy atom. The Hall–Kier alpha value is -5.70. The summed E-state index contributed by atoms with van der Waals surface area (Å²) in [5.74, 6) is -0.516. The van der Waals surface area contributed by atoms with Crippen molar-refractivity contribution in [3.63, 3.8) is 0 Å². The Morgan fingerprint density at radius 3 is 1.76 bits per heavy atom. The summed E-state index contributed by atoms with van der Waals surface area (Å²) in [7, 11) is 0. The molecule has 276 valence electrons. The van der Waals surface area contributed by atoms with Gasteiger partial charge < -0.3 is 14.6 Å². The number of hydrogen-bond acceptors (Lipinski definition) is 6. The number of hydrogen-bond donors (Lipinski definition) is 1. The van der Waals surface area contributed by atoms with Gasteiger partial charge in [0, 0.05) is 31.1 Å². The minimum absolute atomic E-state index is 0.0179. The van der Waals surface area contributed by atoms with Crippen LogP contribution >= 0.6 is 0 Å². The molecule has 1 fully saturated rings. The van der Waals surface area contributed by atoms with Crippen LogP contribution in [-0.2, 0) is 35.7 Å². The average molecular weight is 729 g/mol. The van der Waals surface area contributed by atoms with Crippen LogP contribution in [0.25, 0.3) is 11.1 Å². The van der Waals surface area contributed by atoms with Crippen LogP contribution in [0.5, 0.6) is 0 Å². The van der Waals surface area contributed by atoms with Crippen LogP contribution in [0.3, 0.4) is 0 Å². The number of carbonyl (C=O) groups is 2. The van der Waals surface area contributed by atoms with Crippen molar-refractivity contribution in [3.05, 3.63) is 202 Å². The van der Waals surface area contributed by atoms with E-state index in [1.807, 2.05) is 72.8 Å². The quantitative estimate of drug-likeness (QED) is 0.127. The van der Waals surface area contributed by atoms with E-state index >= 15 is 0 Å². The predicted molar refractivity (Wildman–Crippen MR) is 212 cm³/mol. The van der Waals surface area contributed by atoms with E-state index in [1.54, 1.807) is 24.3 Å². The standard InChI is InChI=1S/C48H44N2O5/c1-33-44(31-49(28-34-12-4-2-5-13-34)29-35-14-6-3-7-15-35)54-48(55-45(33)38-24-22-36(32-51)23-25-38)41-19-11-18-40(27-41)39-17-10-16-37(26-39)30-50-46(52)42-20-8-9-21-43(42)47(50)53/h2-27,33,44-45,48,51H,28-32H2,1H3/t33-,44+,45+,48+/m0/s1. The van der Waals surface area contributed by atoms with Crippen molar-refractivity contribution in [3.8, 4) is 11.1 Å². The highest BCUT2D eigenvalue weighted by Crippen LogP contribution is 2.43. The molecule has 55 heavy (non-hydrogen) atoms. The Kier molecular flexibility index (Phi) is 10.8. The second-order valence-corrected chi connectivity index (χ2v) is 14.5. The zero-order valence-electron chi connectivity index (χ0n) is 30.8. The molecule has 0 aromatic heterocycles. The van der Waals surface area contributed by atoms with Gasteiger partial charge >= 0.3 is 0 Å². The molecule has 0 unspecified atom stereocenters. The molecular formula is C48H44N2O5. The Morgan fingerprint density at radius 2 is 1.15 bits per heavy atom. The van der Waals surface area contributed by atoms with E-state index in [9.17, 15) is 14.7 Å². The highest BCUT2D eigenvalue weighted by atomic mass is 16.7. The molecule has 0 saturated carbocycles. The van der Waals surface area contributed by atoms with Gasteiger partial charge in [-0.1, -0.05) is 140 Å². The summed E-state index contributed by atoms with van der Waals surface area (Å²) < 4.78 is 13.8. The number of amides is 2. The maximum atomic E-state index is 13.1. The smallest absolute Gasteiger partial charge is 0.261 e. The molecule has 2 heterocycles. The fraction of sp³-hybridized carbons (Fsp3) is 0.208. The topological polar surface area (TPSA) is 79.3 Å². The van der Waals surface area contributed by atoms with Gasteiger partial charge in [-0.2, -0.15) is 0 Å². The van der Waals surface area contributed by atoms with E-state index in [4.69, 9.17) is 9.47 Å². The summed E-state index contributed by atoms with van der Waals surface area (Å²) in [6, 6.07) is 52.3. The van der Waals surface area contributed by atoms with Gasteiger partial charge in [-0.15, -0.1) is 0 Å². The molecule has 4 atom stereocenters. The monoisotopic (exact) mass is 728 g/mol. The van der Waals surface area contributed by atoms with Crippen molar-refractivity contribution in [1.82, 2.24) is 9.80 Å². The molecule has 6 aromatic carbocycles. The van der Waals surface area contributed by atoms with Gasteiger partial charge in [-0.05, 0) is 63.2 Å². The van der Waals surface area contributed by atoms with Gasteiger partial charge in [0.1, 0.15) is 0 Å². The molecule has 2 aliphatic heterocycles. The van der Waals surface area contributed by atoms with Crippen molar-refractivity contribution in [1.29, 1.82) is 0 Å². The van der Waals surface area contributed by atoms with Crippen molar-refractivity contribution in [2.45, 2.75) is 51.7 Å². The highest BCUT2D eigenvalue weighted by molar-refractivity contribution is 6.21. The lowest BCUT2D eigenvalue weighted by molar-refractivity contribution is -0.276. The largest absolute Gasteiger partial charge is 0.392 e. The first-order chi connectivity index (χ1) is 26.9. The summed E-state index contributed by atoms with van der Waals surface area (Å²) in [4.78, 5) is 30.0. The predicted octanol–water partition coefficient (Wildman–Crippen LogP) is 9.14. The number of ether oxygens (including phenoxy) is 2. The van der Waals surface area contributed by atoms with Gasteiger partial charge in [-0.25, -0.2) is 0 Å². The number of fused-ring (bicyclic) bond motifs is 1. The maximum absolute atomic E-state index is 13.1. The van der Waals surface area contributed by atoms with Crippen LogP contribution < -0.4 is 0 Å². The number of benzene rings is 6. The lowest BCUT2D eigenvalue weighted by atomic mass is 9.89. The number of aliphatic hydroxyl groups excluding tert-OH is 1. The van der Waals surface area contributed by atoms with Crippen LogP contribution in [0.2, 0.25) is 0 Å². The van der Waals surface area contributed by atoms with Crippen LogP contribution in [0.4, 0.5) is 0 Å². The number of imide groups is 1. The van der Waals surface area contributed by atoms with Crippen LogP contribution in [0.1, 0.15) is 73.4 Å². The van der Waals surface area contributed by atoms with E-state index in [2.05, 4.69) is 72.5 Å². The third-order valence-electron chi connectivity index (χ3n) is 10.7. The molecule has 2 amide bonds. The van der Waals surface area contributed by atoms with E-state index in [0.717, 1.165) is 46.5 Å². The fourth-order valence-electron chi connectivity index (χ4n) is 7.73. The van der Waals surface area contributed by atoms with E-state index in [1.165, 1.54) is 16.0 Å². The molecule has 0 radical (unpaired) electrons. The number of rotatable bonds is 12. The van der Waals surface area contributed by atoms with Gasteiger partial charge in [0.05, 0.1) is 36.5 Å². The second-order valence-electron chi connectivity index (χ2n) is 14.5. The third kappa shape index (κ3) is 8.07. The molecule has 8 rings (SSSR count). The normalized spacial score (nSPS) is 19.5. The minimum Gasteiger partial charge on any atom is -0.392 e. The molecule has 6 aromatic rings. The van der Waals surface area contributed by atoms with Gasteiger partial charge in [0.2, 0.25) is 0 Å². The highest BCUT2D eigenvalue weighted by Gasteiger charge is 2.39. The zero-order chi connectivity index (χ0) is 37.7. The SMILES string of the molecule is C[C@H]1[C@@H](CN(Cc2ccccc2)Cc2ccccc2)O[C@@H](c2cccc(-c3cccc(CN4C(=O)c5ccccc5C4=O)c3)c2)O[C@H]1c1ccc(CO)cc1. The van der Waals surface area contributed by atoms with Crippen molar-refractivity contribution < 1.29 is 24.2 Å². The molecule has 1 saturated heterocycles. The molecular weight excluding hydrogens is 685 g/mol. The average Bonchev–Trinajstić information content (AvgIpc) is 3.47. The van der Waals surface area contributed by atoms with Crippen LogP contribution in [0, 0.1) is 5.92 Å². The third-order valence-corrected chi connectivity index (χ3v) is 10.7. The first-order valence-corrected chi connectivity index (χ1v) is 18.9. The van der Waals surface area contributed by atoms with E-state index < -0.39 is 6.29 Å². The minimum atomic E-state index is -0.638. The molecule has 1 N–H and O–H groups in total. The van der Waals surface area contributed by atoms with Crippen LogP contribution in [0.15, 0.2) is 158 Å². The molecule has 2 aliphatic rings. The first kappa shape index (κ1) is 36.3. The summed E-state index contributed by atoms with van der Waals surface area (Å²) >= 11 is 0. The summed E-state index contributed by atoms with van der Waals surface area (Å²) in [5, 5.41) is 9.74. The number of aliphatic hydroxyl groups is 1. The first-order valence-electron chi connectivity index (χ1n) is 18.9. The van der Waals surface area contributed by atoms with E-state index in [0.29, 0.717) is 17.7 Å². The lowest BCUT2D eigenvalue weighted by Gasteiger charge is -2.43. The van der Waals surface area contributed by atoms with E-state index in [-0.39, 0.29) is 43.1 Å². The summed E-state index contributed by atoms with van der Waals surface area (Å²) in [6.45, 7) is 4.61. The van der Waals surface area contributed by atoms with Gasteiger partial charge in [-0.3, -0.25) is 19.4 Å². The van der Waals surface area contributed by atoms with Crippen LogP contribution in [-0.4, -0.2) is 39.4 Å². The fourth-order valence-corrected chi connectivity index (χ4v) is 7.73. The van der Waals surface area contributed by atoms with Crippen molar-refractivity contribution >= 4 is 11.8 Å². The number of carbonyl (C=O) groups excluding carboxylic acids is 2. The van der Waals surface area contributed by atoms with Crippen molar-refractivity contribution in [2.75, 3.05) is 6.54 Å². The molecule has 7 heteroatoms. The van der Waals surface area contributed by atoms with Gasteiger partial charge in [0.25, 0.3) is 11.8 Å².